The first-order valence-electron chi connectivity index (χ1n) is 4.18. The SMILES string of the molecule is c1ccc2c(-c3ncon3)csc2c1. The van der Waals surface area contributed by atoms with E-state index in [0.717, 1.165) is 5.56 Å². The topological polar surface area (TPSA) is 38.9 Å². The van der Waals surface area contributed by atoms with Crippen molar-refractivity contribution in [1.29, 1.82) is 0 Å². The Balaban J connectivity index is 2.33. The number of fused-ring (bicyclic) bond motifs is 1. The van der Waals surface area contributed by atoms with Crippen molar-refractivity contribution >= 4 is 21.4 Å². The molecular formula is C10H6N2OS. The Morgan fingerprint density at radius 1 is 1.21 bits per heavy atom. The molecule has 3 aromatic rings. The molecule has 4 heteroatoms. The average Bonchev–Trinajstić information content (AvgIpc) is 2.85. The zero-order valence-corrected chi connectivity index (χ0v) is 7.99. The molecule has 0 aliphatic carbocycles. The minimum absolute atomic E-state index is 0.655. The maximum atomic E-state index is 4.73. The summed E-state index contributed by atoms with van der Waals surface area (Å²) in [5, 5.41) is 7.06. The third-order valence-electron chi connectivity index (χ3n) is 2.08. The van der Waals surface area contributed by atoms with Crippen LogP contribution in [0.5, 0.6) is 0 Å². The zero-order valence-electron chi connectivity index (χ0n) is 7.18. The number of nitrogens with zero attached hydrogens (tertiary/aromatic N) is 2. The second-order valence-corrected chi connectivity index (χ2v) is 3.81. The van der Waals surface area contributed by atoms with Gasteiger partial charge in [-0.3, -0.25) is 0 Å². The summed E-state index contributed by atoms with van der Waals surface area (Å²) in [7, 11) is 0. The van der Waals surface area contributed by atoms with E-state index in [0.29, 0.717) is 5.82 Å². The highest BCUT2D eigenvalue weighted by molar-refractivity contribution is 7.17. The first kappa shape index (κ1) is 7.70. The van der Waals surface area contributed by atoms with E-state index in [2.05, 4.69) is 27.7 Å². The molecule has 68 valence electrons. The Morgan fingerprint density at radius 2 is 2.14 bits per heavy atom. The number of hydrogen-bond donors (Lipinski definition) is 0. The Kier molecular flexibility index (Phi) is 1.61. The van der Waals surface area contributed by atoms with Gasteiger partial charge in [-0.15, -0.1) is 11.3 Å². The fraction of sp³-hybridized carbons (Fsp3) is 0. The van der Waals surface area contributed by atoms with Crippen LogP contribution in [-0.2, 0) is 0 Å². The molecule has 2 heterocycles. The maximum absolute atomic E-state index is 4.73. The molecule has 1 aromatic carbocycles. The summed E-state index contributed by atoms with van der Waals surface area (Å²) >= 11 is 1.69. The van der Waals surface area contributed by atoms with Gasteiger partial charge < -0.3 is 4.52 Å². The molecule has 3 rings (SSSR count). The summed E-state index contributed by atoms with van der Waals surface area (Å²) in [5.74, 6) is 0.655. The number of benzene rings is 1. The van der Waals surface area contributed by atoms with Crippen LogP contribution < -0.4 is 0 Å². The number of aromatic nitrogens is 2. The van der Waals surface area contributed by atoms with Crippen molar-refractivity contribution < 1.29 is 4.52 Å². The van der Waals surface area contributed by atoms with E-state index in [9.17, 15) is 0 Å². The fourth-order valence-corrected chi connectivity index (χ4v) is 2.38. The monoisotopic (exact) mass is 202 g/mol. The Hall–Kier alpha value is -1.68. The van der Waals surface area contributed by atoms with E-state index in [4.69, 9.17) is 4.52 Å². The molecule has 14 heavy (non-hydrogen) atoms. The van der Waals surface area contributed by atoms with Crippen molar-refractivity contribution in [1.82, 2.24) is 10.1 Å². The van der Waals surface area contributed by atoms with Crippen molar-refractivity contribution in [3.05, 3.63) is 36.0 Å². The molecule has 0 aliphatic heterocycles. The van der Waals surface area contributed by atoms with Crippen molar-refractivity contribution in [2.24, 2.45) is 0 Å². The fourth-order valence-electron chi connectivity index (χ4n) is 1.44. The molecule has 0 amide bonds. The van der Waals surface area contributed by atoms with Gasteiger partial charge in [-0.2, -0.15) is 4.98 Å². The van der Waals surface area contributed by atoms with Gasteiger partial charge in [0.25, 0.3) is 0 Å². The molecule has 0 fully saturated rings. The first-order valence-corrected chi connectivity index (χ1v) is 5.06. The molecule has 0 bridgehead atoms. The molecule has 0 unspecified atom stereocenters. The predicted octanol–water partition coefficient (Wildman–Crippen LogP) is 2.95. The van der Waals surface area contributed by atoms with Crippen LogP contribution in [0.15, 0.2) is 40.6 Å². The van der Waals surface area contributed by atoms with E-state index in [1.807, 2.05) is 12.1 Å². The molecular weight excluding hydrogens is 196 g/mol. The highest BCUT2D eigenvalue weighted by Gasteiger charge is 2.08. The van der Waals surface area contributed by atoms with Gasteiger partial charge in [0.2, 0.25) is 12.2 Å². The number of hydrogen-bond acceptors (Lipinski definition) is 4. The first-order chi connectivity index (χ1) is 6.95. The normalized spacial score (nSPS) is 10.9. The summed E-state index contributed by atoms with van der Waals surface area (Å²) in [6, 6.07) is 8.19. The summed E-state index contributed by atoms with van der Waals surface area (Å²) < 4.78 is 5.97. The molecule has 0 spiro atoms. The third kappa shape index (κ3) is 1.04. The largest absolute Gasteiger partial charge is 0.342 e. The summed E-state index contributed by atoms with van der Waals surface area (Å²) in [6.45, 7) is 0. The van der Waals surface area contributed by atoms with Crippen LogP contribution in [0.4, 0.5) is 0 Å². The van der Waals surface area contributed by atoms with Crippen molar-refractivity contribution in [2.45, 2.75) is 0 Å². The maximum Gasteiger partial charge on any atom is 0.214 e. The van der Waals surface area contributed by atoms with Crippen LogP contribution in [0.25, 0.3) is 21.5 Å². The van der Waals surface area contributed by atoms with E-state index >= 15 is 0 Å². The van der Waals surface area contributed by atoms with Gasteiger partial charge in [0.1, 0.15) is 0 Å². The molecule has 3 nitrogen and oxygen atoms in total. The van der Waals surface area contributed by atoms with E-state index in [1.165, 1.54) is 16.5 Å². The van der Waals surface area contributed by atoms with E-state index in [-0.39, 0.29) is 0 Å². The van der Waals surface area contributed by atoms with Crippen LogP contribution in [-0.4, -0.2) is 10.1 Å². The second kappa shape index (κ2) is 2.92. The summed E-state index contributed by atoms with van der Waals surface area (Å²) in [4.78, 5) is 4.04. The Morgan fingerprint density at radius 3 is 3.00 bits per heavy atom. The van der Waals surface area contributed by atoms with Gasteiger partial charge in [-0.25, -0.2) is 0 Å². The Labute approximate surface area is 84.0 Å². The predicted molar refractivity (Wildman–Crippen MR) is 55.1 cm³/mol. The van der Waals surface area contributed by atoms with Gasteiger partial charge in [0, 0.05) is 21.0 Å². The third-order valence-corrected chi connectivity index (χ3v) is 3.05. The van der Waals surface area contributed by atoms with Gasteiger partial charge in [-0.1, -0.05) is 23.4 Å². The van der Waals surface area contributed by atoms with Crippen LogP contribution in [0, 0.1) is 0 Å². The molecule has 2 aromatic heterocycles. The van der Waals surface area contributed by atoms with Gasteiger partial charge in [-0.05, 0) is 6.07 Å². The zero-order chi connectivity index (χ0) is 9.38. The Bertz CT molecular complexity index is 556. The van der Waals surface area contributed by atoms with Gasteiger partial charge in [0.05, 0.1) is 0 Å². The number of thiophene rings is 1. The minimum atomic E-state index is 0.655. The highest BCUT2D eigenvalue weighted by atomic mass is 32.1. The van der Waals surface area contributed by atoms with Crippen LogP contribution in [0.3, 0.4) is 0 Å². The van der Waals surface area contributed by atoms with Crippen molar-refractivity contribution in [3.63, 3.8) is 0 Å². The standard InChI is InChI=1S/C10H6N2OS/c1-2-4-9-7(3-1)8(5-14-9)10-11-6-13-12-10/h1-6H. The van der Waals surface area contributed by atoms with Crippen LogP contribution in [0.1, 0.15) is 0 Å². The highest BCUT2D eigenvalue weighted by Crippen LogP contribution is 2.31. The van der Waals surface area contributed by atoms with Crippen molar-refractivity contribution in [3.8, 4) is 11.4 Å². The molecule has 0 saturated heterocycles. The lowest BCUT2D eigenvalue weighted by atomic mass is 10.2. The van der Waals surface area contributed by atoms with Crippen LogP contribution >= 0.6 is 11.3 Å². The lowest BCUT2D eigenvalue weighted by molar-refractivity contribution is 0.419. The van der Waals surface area contributed by atoms with Crippen molar-refractivity contribution in [2.75, 3.05) is 0 Å². The van der Waals surface area contributed by atoms with E-state index in [1.54, 1.807) is 11.3 Å². The lowest BCUT2D eigenvalue weighted by Gasteiger charge is -1.90. The lowest BCUT2D eigenvalue weighted by Crippen LogP contribution is -1.76. The molecule has 0 saturated carbocycles. The smallest absolute Gasteiger partial charge is 0.214 e. The average molecular weight is 202 g/mol. The van der Waals surface area contributed by atoms with Gasteiger partial charge >= 0.3 is 0 Å². The molecule has 0 radical (unpaired) electrons. The summed E-state index contributed by atoms with van der Waals surface area (Å²) in [6.07, 6.45) is 1.35. The molecule has 0 aliphatic rings. The summed E-state index contributed by atoms with van der Waals surface area (Å²) in [5.41, 5.74) is 1.04. The second-order valence-electron chi connectivity index (χ2n) is 2.90. The molecule has 0 atom stereocenters. The number of rotatable bonds is 1. The van der Waals surface area contributed by atoms with E-state index < -0.39 is 0 Å². The quantitative estimate of drug-likeness (QED) is 0.609. The molecule has 0 N–H and O–H groups in total. The minimum Gasteiger partial charge on any atom is -0.342 e. The van der Waals surface area contributed by atoms with Crippen LogP contribution in [0.2, 0.25) is 0 Å². The van der Waals surface area contributed by atoms with Gasteiger partial charge in [0.15, 0.2) is 0 Å².